The minimum Gasteiger partial charge on any atom is -0.785 e. The van der Waals surface area contributed by atoms with Crippen molar-refractivity contribution in [3.05, 3.63) is 40.1 Å². The van der Waals surface area contributed by atoms with Crippen LogP contribution in [0.4, 0.5) is 0 Å². The zero-order chi connectivity index (χ0) is 11.6. The number of benzene rings is 1. The molecular weight excluding hydrogens is 186 g/mol. The van der Waals surface area contributed by atoms with Gasteiger partial charge in [-0.25, -0.2) is 0 Å². The molecule has 1 aromatic rings. The maximum absolute atomic E-state index is 11.9. The van der Waals surface area contributed by atoms with Crippen LogP contribution >= 0.6 is 0 Å². The van der Waals surface area contributed by atoms with Gasteiger partial charge in [0.05, 0.1) is 0 Å². The summed E-state index contributed by atoms with van der Waals surface area (Å²) in [4.78, 5) is 0. The van der Waals surface area contributed by atoms with Gasteiger partial charge in [0.2, 0.25) is 0 Å². The highest BCUT2D eigenvalue weighted by molar-refractivity contribution is 5.33. The standard InChI is InChI=1S/C13H20NO/c1-10-7-6-8-11(2)12(10)9-14(15)13(3,4)5/h6-8H,9H2,1-5H3/q-1. The Morgan fingerprint density at radius 1 is 1.13 bits per heavy atom. The Morgan fingerprint density at radius 2 is 1.60 bits per heavy atom. The molecule has 0 bridgehead atoms. The quantitative estimate of drug-likeness (QED) is 0.693. The van der Waals surface area contributed by atoms with Gasteiger partial charge >= 0.3 is 0 Å². The van der Waals surface area contributed by atoms with E-state index in [1.165, 1.54) is 11.1 Å². The molecule has 15 heavy (non-hydrogen) atoms. The number of nitrogens with zero attached hydrogens (tertiary/aromatic N) is 1. The van der Waals surface area contributed by atoms with E-state index < -0.39 is 0 Å². The van der Waals surface area contributed by atoms with Crippen LogP contribution in [0.15, 0.2) is 18.2 Å². The van der Waals surface area contributed by atoms with Gasteiger partial charge in [-0.05, 0) is 51.3 Å². The number of hydrogen-bond donors (Lipinski definition) is 0. The molecule has 0 aliphatic rings. The van der Waals surface area contributed by atoms with Crippen molar-refractivity contribution in [1.82, 2.24) is 5.06 Å². The van der Waals surface area contributed by atoms with Crippen molar-refractivity contribution < 1.29 is 0 Å². The molecule has 0 saturated carbocycles. The lowest BCUT2D eigenvalue weighted by molar-refractivity contribution is 0.198. The van der Waals surface area contributed by atoms with Crippen LogP contribution in [0.5, 0.6) is 0 Å². The third kappa shape index (κ3) is 3.05. The summed E-state index contributed by atoms with van der Waals surface area (Å²) < 4.78 is 0. The summed E-state index contributed by atoms with van der Waals surface area (Å²) in [5.41, 5.74) is 3.22. The van der Waals surface area contributed by atoms with Crippen molar-refractivity contribution in [2.45, 2.75) is 46.7 Å². The van der Waals surface area contributed by atoms with E-state index in [0.29, 0.717) is 6.54 Å². The van der Waals surface area contributed by atoms with E-state index in [9.17, 15) is 5.21 Å². The second kappa shape index (κ2) is 4.33. The molecule has 0 N–H and O–H groups in total. The molecule has 2 heteroatoms. The molecular formula is C13H20NO-. The molecule has 0 unspecified atom stereocenters. The van der Waals surface area contributed by atoms with E-state index in [4.69, 9.17) is 0 Å². The van der Waals surface area contributed by atoms with Gasteiger partial charge in [-0.15, -0.1) is 0 Å². The summed E-state index contributed by atoms with van der Waals surface area (Å²) in [5.74, 6) is 0. The van der Waals surface area contributed by atoms with E-state index in [0.717, 1.165) is 10.6 Å². The van der Waals surface area contributed by atoms with Crippen LogP contribution in [0.3, 0.4) is 0 Å². The minimum atomic E-state index is -0.325. The zero-order valence-electron chi connectivity index (χ0n) is 10.3. The maximum atomic E-state index is 11.9. The Balaban J connectivity index is 2.90. The first kappa shape index (κ1) is 12.2. The summed E-state index contributed by atoms with van der Waals surface area (Å²) in [6.07, 6.45) is 0. The molecule has 0 aliphatic carbocycles. The molecule has 0 atom stereocenters. The SMILES string of the molecule is Cc1cccc(C)c1CN([O-])C(C)(C)C. The van der Waals surface area contributed by atoms with Crippen molar-refractivity contribution in [2.75, 3.05) is 0 Å². The normalized spacial score (nSPS) is 12.2. The molecule has 0 aromatic heterocycles. The van der Waals surface area contributed by atoms with Crippen LogP contribution in [0.25, 0.3) is 0 Å². The third-order valence-corrected chi connectivity index (χ3v) is 2.69. The van der Waals surface area contributed by atoms with Crippen molar-refractivity contribution in [1.29, 1.82) is 0 Å². The summed E-state index contributed by atoms with van der Waals surface area (Å²) in [5, 5.41) is 13.0. The summed E-state index contributed by atoms with van der Waals surface area (Å²) in [6.45, 7) is 10.4. The Morgan fingerprint density at radius 3 is 2.00 bits per heavy atom. The average molecular weight is 206 g/mol. The first-order chi connectivity index (χ1) is 6.82. The lowest BCUT2D eigenvalue weighted by Crippen LogP contribution is -2.36. The van der Waals surface area contributed by atoms with Crippen LogP contribution < -0.4 is 0 Å². The lowest BCUT2D eigenvalue weighted by atomic mass is 10.0. The van der Waals surface area contributed by atoms with Crippen LogP contribution in [0, 0.1) is 19.1 Å². The van der Waals surface area contributed by atoms with Crippen molar-refractivity contribution in [2.24, 2.45) is 0 Å². The van der Waals surface area contributed by atoms with E-state index in [1.54, 1.807) is 0 Å². The average Bonchev–Trinajstić information content (AvgIpc) is 2.09. The highest BCUT2D eigenvalue weighted by Crippen LogP contribution is 2.20. The van der Waals surface area contributed by atoms with Gasteiger partial charge in [0.1, 0.15) is 0 Å². The molecule has 1 rings (SSSR count). The van der Waals surface area contributed by atoms with Gasteiger partial charge in [0.15, 0.2) is 0 Å². The first-order valence-corrected chi connectivity index (χ1v) is 5.32. The molecule has 0 amide bonds. The molecule has 84 valence electrons. The van der Waals surface area contributed by atoms with Gasteiger partial charge in [-0.1, -0.05) is 18.2 Å². The molecule has 1 aromatic carbocycles. The number of hydroxylamine groups is 2. The summed E-state index contributed by atoms with van der Waals surface area (Å²) in [6, 6.07) is 6.14. The van der Waals surface area contributed by atoms with Gasteiger partial charge in [0.25, 0.3) is 0 Å². The largest absolute Gasteiger partial charge is 0.785 e. The Bertz CT molecular complexity index is 319. The highest BCUT2D eigenvalue weighted by atomic mass is 16.5. The number of rotatable bonds is 2. The second-order valence-electron chi connectivity index (χ2n) is 5.08. The van der Waals surface area contributed by atoms with Crippen molar-refractivity contribution in [3.8, 4) is 0 Å². The van der Waals surface area contributed by atoms with E-state index >= 15 is 0 Å². The lowest BCUT2D eigenvalue weighted by Gasteiger charge is -2.42. The third-order valence-electron chi connectivity index (χ3n) is 2.69. The molecule has 0 fully saturated rings. The number of hydrogen-bond acceptors (Lipinski definition) is 2. The molecule has 2 nitrogen and oxygen atoms in total. The Labute approximate surface area is 92.5 Å². The van der Waals surface area contributed by atoms with Gasteiger partial charge in [-0.2, -0.15) is 0 Å². The van der Waals surface area contributed by atoms with Gasteiger partial charge < -0.3 is 10.3 Å². The van der Waals surface area contributed by atoms with Gasteiger partial charge in [0, 0.05) is 12.1 Å². The Hall–Kier alpha value is -0.860. The fourth-order valence-electron chi connectivity index (χ4n) is 1.48. The highest BCUT2D eigenvalue weighted by Gasteiger charge is 2.13. The molecule has 0 saturated heterocycles. The molecule has 0 spiro atoms. The fourth-order valence-corrected chi connectivity index (χ4v) is 1.48. The van der Waals surface area contributed by atoms with E-state index in [1.807, 2.05) is 26.8 Å². The summed E-state index contributed by atoms with van der Waals surface area (Å²) in [7, 11) is 0. The van der Waals surface area contributed by atoms with Crippen molar-refractivity contribution >= 4 is 0 Å². The predicted molar refractivity (Wildman–Crippen MR) is 64.6 cm³/mol. The monoisotopic (exact) mass is 206 g/mol. The predicted octanol–water partition coefficient (Wildman–Crippen LogP) is 3.40. The summed E-state index contributed by atoms with van der Waals surface area (Å²) >= 11 is 0. The minimum absolute atomic E-state index is 0.325. The smallest absolute Gasteiger partial charge is 0.0123 e. The van der Waals surface area contributed by atoms with E-state index in [2.05, 4.69) is 26.0 Å². The molecule has 0 aliphatic heterocycles. The zero-order valence-corrected chi connectivity index (χ0v) is 10.3. The Kier molecular flexibility index (Phi) is 3.53. The van der Waals surface area contributed by atoms with Crippen LogP contribution in [-0.2, 0) is 6.54 Å². The fraction of sp³-hybridized carbons (Fsp3) is 0.538. The first-order valence-electron chi connectivity index (χ1n) is 5.32. The van der Waals surface area contributed by atoms with Crippen LogP contribution in [-0.4, -0.2) is 10.6 Å². The van der Waals surface area contributed by atoms with E-state index in [-0.39, 0.29) is 5.54 Å². The maximum Gasteiger partial charge on any atom is 0.0123 e. The molecule has 0 heterocycles. The molecule has 0 radical (unpaired) electrons. The topological polar surface area (TPSA) is 26.3 Å². The second-order valence-corrected chi connectivity index (χ2v) is 5.08. The number of aryl methyl sites for hydroxylation is 2. The van der Waals surface area contributed by atoms with Gasteiger partial charge in [-0.3, -0.25) is 0 Å². The van der Waals surface area contributed by atoms with Crippen LogP contribution in [0.1, 0.15) is 37.5 Å². The van der Waals surface area contributed by atoms with Crippen molar-refractivity contribution in [3.63, 3.8) is 0 Å². The van der Waals surface area contributed by atoms with Crippen LogP contribution in [0.2, 0.25) is 0 Å².